The lowest BCUT2D eigenvalue weighted by Crippen LogP contribution is -2.46. The maximum atomic E-state index is 13.0. The summed E-state index contributed by atoms with van der Waals surface area (Å²) in [4.78, 5) is 17.5. The van der Waals surface area contributed by atoms with Crippen LogP contribution in [-0.4, -0.2) is 35.4 Å². The summed E-state index contributed by atoms with van der Waals surface area (Å²) in [6.45, 7) is 5.83. The van der Waals surface area contributed by atoms with Gasteiger partial charge >= 0.3 is 0 Å². The average molecular weight is 469 g/mol. The van der Waals surface area contributed by atoms with Crippen LogP contribution in [0.5, 0.6) is 0 Å². The lowest BCUT2D eigenvalue weighted by molar-refractivity contribution is 0.0453. The SMILES string of the molecule is CCC(C)=C(CC1NCCCC1OC)Cn1cnc2cc(Br)c(Cl)cc2c1=O. The summed E-state index contributed by atoms with van der Waals surface area (Å²) in [5, 5.41) is 4.64. The Morgan fingerprint density at radius 1 is 1.46 bits per heavy atom. The molecule has 0 spiro atoms. The molecule has 1 aromatic carbocycles. The molecule has 1 aliphatic heterocycles. The Kier molecular flexibility index (Phi) is 7.31. The molecule has 1 aliphatic rings. The number of hydrogen-bond donors (Lipinski definition) is 1. The number of methoxy groups -OCH3 is 1. The maximum absolute atomic E-state index is 13.0. The van der Waals surface area contributed by atoms with E-state index in [0.29, 0.717) is 22.5 Å². The number of allylic oxidation sites excluding steroid dienone is 1. The average Bonchev–Trinajstić information content (AvgIpc) is 2.70. The molecule has 0 aliphatic carbocycles. The van der Waals surface area contributed by atoms with Gasteiger partial charge < -0.3 is 10.1 Å². The number of nitrogens with zero attached hydrogens (tertiary/aromatic N) is 2. The van der Waals surface area contributed by atoms with Crippen molar-refractivity contribution in [3.05, 3.63) is 49.5 Å². The minimum atomic E-state index is -0.0688. The van der Waals surface area contributed by atoms with Crippen LogP contribution in [0.2, 0.25) is 5.02 Å². The summed E-state index contributed by atoms with van der Waals surface area (Å²) >= 11 is 9.59. The van der Waals surface area contributed by atoms with Gasteiger partial charge in [-0.25, -0.2) is 4.98 Å². The fourth-order valence-electron chi connectivity index (χ4n) is 3.77. The van der Waals surface area contributed by atoms with Crippen LogP contribution in [0.3, 0.4) is 0 Å². The molecule has 1 fully saturated rings. The van der Waals surface area contributed by atoms with E-state index < -0.39 is 0 Å². The van der Waals surface area contributed by atoms with Gasteiger partial charge in [-0.2, -0.15) is 0 Å². The van der Waals surface area contributed by atoms with Crippen LogP contribution >= 0.6 is 27.5 Å². The van der Waals surface area contributed by atoms with Gasteiger partial charge in [0.25, 0.3) is 5.56 Å². The van der Waals surface area contributed by atoms with Crippen molar-refractivity contribution >= 4 is 38.4 Å². The smallest absolute Gasteiger partial charge is 0.261 e. The zero-order valence-corrected chi connectivity index (χ0v) is 18.9. The van der Waals surface area contributed by atoms with E-state index in [4.69, 9.17) is 16.3 Å². The summed E-state index contributed by atoms with van der Waals surface area (Å²) in [6, 6.07) is 3.74. The highest BCUT2D eigenvalue weighted by molar-refractivity contribution is 9.10. The van der Waals surface area contributed by atoms with E-state index in [1.807, 2.05) is 0 Å². The third-order valence-corrected chi connectivity index (χ3v) is 6.85. The lowest BCUT2D eigenvalue weighted by atomic mass is 9.92. The maximum Gasteiger partial charge on any atom is 0.261 e. The zero-order valence-electron chi connectivity index (χ0n) is 16.6. The van der Waals surface area contributed by atoms with Crippen molar-refractivity contribution in [2.45, 2.75) is 58.2 Å². The van der Waals surface area contributed by atoms with Crippen LogP contribution < -0.4 is 10.9 Å². The zero-order chi connectivity index (χ0) is 20.3. The predicted molar refractivity (Wildman–Crippen MR) is 118 cm³/mol. The molecule has 28 heavy (non-hydrogen) atoms. The molecule has 0 amide bonds. The number of nitrogens with one attached hydrogen (secondary N) is 1. The van der Waals surface area contributed by atoms with E-state index in [0.717, 1.165) is 36.7 Å². The van der Waals surface area contributed by atoms with E-state index in [-0.39, 0.29) is 17.7 Å². The Hall–Kier alpha value is -1.21. The van der Waals surface area contributed by atoms with Crippen molar-refractivity contribution in [3.8, 4) is 0 Å². The third kappa shape index (κ3) is 4.67. The van der Waals surface area contributed by atoms with Gasteiger partial charge in [0.15, 0.2) is 0 Å². The summed E-state index contributed by atoms with van der Waals surface area (Å²) in [7, 11) is 1.78. The lowest BCUT2D eigenvalue weighted by Gasteiger charge is -2.33. The van der Waals surface area contributed by atoms with Crippen LogP contribution in [-0.2, 0) is 11.3 Å². The quantitative estimate of drug-likeness (QED) is 0.625. The van der Waals surface area contributed by atoms with Crippen molar-refractivity contribution in [3.63, 3.8) is 0 Å². The number of piperidine rings is 1. The number of fused-ring (bicyclic) bond motifs is 1. The predicted octanol–water partition coefficient (Wildman–Crippen LogP) is 4.70. The first kappa shape index (κ1) is 21.5. The molecular formula is C21H27BrClN3O2. The molecule has 1 aromatic heterocycles. The highest BCUT2D eigenvalue weighted by atomic mass is 79.9. The first-order chi connectivity index (χ1) is 13.4. The molecule has 7 heteroatoms. The van der Waals surface area contributed by atoms with E-state index in [1.54, 1.807) is 30.1 Å². The van der Waals surface area contributed by atoms with Gasteiger partial charge in [0.1, 0.15) is 0 Å². The van der Waals surface area contributed by atoms with Crippen molar-refractivity contribution in [1.29, 1.82) is 0 Å². The summed E-state index contributed by atoms with van der Waals surface area (Å²) in [6.07, 6.45) is 5.85. The van der Waals surface area contributed by atoms with Gasteiger partial charge in [0.05, 0.1) is 28.4 Å². The second-order valence-electron chi connectivity index (χ2n) is 7.38. The second kappa shape index (κ2) is 9.53. The topological polar surface area (TPSA) is 56.1 Å². The van der Waals surface area contributed by atoms with E-state index in [2.05, 4.69) is 40.1 Å². The molecule has 3 rings (SSSR count). The third-order valence-electron chi connectivity index (χ3n) is 5.65. The summed E-state index contributed by atoms with van der Waals surface area (Å²) in [5.74, 6) is 0. The molecular weight excluding hydrogens is 442 g/mol. The fourth-order valence-corrected chi connectivity index (χ4v) is 4.26. The molecule has 152 valence electrons. The molecule has 2 heterocycles. The number of halogens is 2. The number of rotatable bonds is 6. The Morgan fingerprint density at radius 3 is 2.96 bits per heavy atom. The molecule has 0 bridgehead atoms. The molecule has 1 N–H and O–H groups in total. The van der Waals surface area contributed by atoms with Crippen LogP contribution in [0.1, 0.15) is 39.5 Å². The molecule has 5 nitrogen and oxygen atoms in total. The first-order valence-corrected chi connectivity index (χ1v) is 10.9. The van der Waals surface area contributed by atoms with Crippen molar-refractivity contribution in [2.75, 3.05) is 13.7 Å². The minimum absolute atomic E-state index is 0.0688. The highest BCUT2D eigenvalue weighted by Crippen LogP contribution is 2.26. The second-order valence-corrected chi connectivity index (χ2v) is 8.64. The summed E-state index contributed by atoms with van der Waals surface area (Å²) < 4.78 is 8.11. The Balaban J connectivity index is 1.92. The fraction of sp³-hybridized carbons (Fsp3) is 0.524. The van der Waals surface area contributed by atoms with Gasteiger partial charge in [-0.15, -0.1) is 0 Å². The van der Waals surface area contributed by atoms with Crippen LogP contribution in [0.15, 0.2) is 38.9 Å². The number of hydrogen-bond acceptors (Lipinski definition) is 4. The molecule has 1 saturated heterocycles. The van der Waals surface area contributed by atoms with Gasteiger partial charge in [-0.05, 0) is 72.8 Å². The molecule has 2 unspecified atom stereocenters. The minimum Gasteiger partial charge on any atom is -0.380 e. The van der Waals surface area contributed by atoms with Crippen molar-refractivity contribution in [2.24, 2.45) is 0 Å². The largest absolute Gasteiger partial charge is 0.380 e. The molecule has 2 atom stereocenters. The Bertz CT molecular complexity index is 941. The van der Waals surface area contributed by atoms with Crippen LogP contribution in [0.4, 0.5) is 0 Å². The van der Waals surface area contributed by atoms with Gasteiger partial charge in [0.2, 0.25) is 0 Å². The number of ether oxygens (including phenoxy) is 1. The Morgan fingerprint density at radius 2 is 2.25 bits per heavy atom. The molecule has 0 radical (unpaired) electrons. The Labute approximate surface area is 179 Å². The highest BCUT2D eigenvalue weighted by Gasteiger charge is 2.26. The van der Waals surface area contributed by atoms with E-state index in [1.165, 1.54) is 11.1 Å². The molecule has 2 aromatic rings. The van der Waals surface area contributed by atoms with E-state index >= 15 is 0 Å². The van der Waals surface area contributed by atoms with Gasteiger partial charge in [-0.1, -0.05) is 24.1 Å². The monoisotopic (exact) mass is 467 g/mol. The molecule has 0 saturated carbocycles. The van der Waals surface area contributed by atoms with Crippen molar-refractivity contribution in [1.82, 2.24) is 14.9 Å². The van der Waals surface area contributed by atoms with Gasteiger partial charge in [0, 0.05) is 24.2 Å². The van der Waals surface area contributed by atoms with Crippen molar-refractivity contribution < 1.29 is 4.74 Å². The van der Waals surface area contributed by atoms with Gasteiger partial charge in [-0.3, -0.25) is 9.36 Å². The number of aromatic nitrogens is 2. The number of benzene rings is 1. The van der Waals surface area contributed by atoms with Crippen LogP contribution in [0.25, 0.3) is 10.9 Å². The van der Waals surface area contributed by atoms with E-state index in [9.17, 15) is 4.79 Å². The van der Waals surface area contributed by atoms with Crippen LogP contribution in [0, 0.1) is 0 Å². The normalized spacial score (nSPS) is 21.0. The first-order valence-electron chi connectivity index (χ1n) is 9.72. The summed E-state index contributed by atoms with van der Waals surface area (Å²) in [5.41, 5.74) is 3.14. The standard InChI is InChI=1S/C21H27BrClN3O2/c1-4-13(2)14(8-19-20(28-3)6-5-7-24-19)11-26-12-25-18-10-16(22)17(23)9-15(18)21(26)27/h9-10,12,19-20,24H,4-8,11H2,1-3H3.